The molecule has 8 heteroatoms. The Labute approximate surface area is 144 Å². The van der Waals surface area contributed by atoms with Gasteiger partial charge in [-0.25, -0.2) is 0 Å². The Hall–Kier alpha value is -2.90. The Balaban J connectivity index is 1.96. The van der Waals surface area contributed by atoms with E-state index < -0.39 is 5.97 Å². The van der Waals surface area contributed by atoms with Gasteiger partial charge in [-0.1, -0.05) is 0 Å². The van der Waals surface area contributed by atoms with Crippen molar-refractivity contribution >= 4 is 29.3 Å². The van der Waals surface area contributed by atoms with Crippen LogP contribution >= 0.6 is 0 Å². The number of nitrogens with one attached hydrogen (secondary N) is 1. The first kappa shape index (κ1) is 18.4. The molecule has 2 N–H and O–H groups in total. The highest BCUT2D eigenvalue weighted by molar-refractivity contribution is 6.01. The van der Waals surface area contributed by atoms with Crippen molar-refractivity contribution in [1.82, 2.24) is 5.32 Å². The second-order valence-electron chi connectivity index (χ2n) is 5.67. The molecule has 0 aliphatic carbocycles. The number of carbonyl (C=O) groups is 4. The Morgan fingerprint density at radius 3 is 2.72 bits per heavy atom. The molecule has 2 rings (SSSR count). The van der Waals surface area contributed by atoms with E-state index >= 15 is 0 Å². The first-order chi connectivity index (χ1) is 11.9. The Kier molecular flexibility index (Phi) is 6.10. The summed E-state index contributed by atoms with van der Waals surface area (Å²) in [5.74, 6) is -1.10. The first-order valence-corrected chi connectivity index (χ1v) is 7.95. The second-order valence-corrected chi connectivity index (χ2v) is 5.67. The number of hydrogen-bond donors (Lipinski definition) is 2. The number of amides is 2. The Morgan fingerprint density at radius 1 is 1.28 bits per heavy atom. The van der Waals surface area contributed by atoms with E-state index in [1.54, 1.807) is 18.2 Å². The van der Waals surface area contributed by atoms with Crippen LogP contribution in [0.5, 0.6) is 5.75 Å². The summed E-state index contributed by atoms with van der Waals surface area (Å²) in [6.07, 6.45) is 0.411. The third-order valence-corrected chi connectivity index (χ3v) is 3.76. The summed E-state index contributed by atoms with van der Waals surface area (Å²) >= 11 is 0. The monoisotopic (exact) mass is 348 g/mol. The molecule has 0 unspecified atom stereocenters. The van der Waals surface area contributed by atoms with Gasteiger partial charge in [0.2, 0.25) is 5.91 Å². The minimum atomic E-state index is -0.911. The number of ketones is 1. The van der Waals surface area contributed by atoms with Crippen molar-refractivity contribution in [3.63, 3.8) is 0 Å². The number of carbonyl (C=O) groups excluding carboxylic acids is 3. The van der Waals surface area contributed by atoms with Crippen LogP contribution < -0.4 is 15.0 Å². The summed E-state index contributed by atoms with van der Waals surface area (Å²) in [5, 5.41) is 11.2. The van der Waals surface area contributed by atoms with E-state index in [1.165, 1.54) is 11.8 Å². The number of anilines is 1. The van der Waals surface area contributed by atoms with Crippen LogP contribution in [-0.2, 0) is 14.4 Å². The molecular formula is C17H20N2O6. The molecule has 1 aromatic carbocycles. The van der Waals surface area contributed by atoms with Crippen LogP contribution in [-0.4, -0.2) is 48.4 Å². The van der Waals surface area contributed by atoms with Crippen molar-refractivity contribution in [2.75, 3.05) is 24.6 Å². The molecule has 0 atom stereocenters. The molecule has 0 aromatic heterocycles. The summed E-state index contributed by atoms with van der Waals surface area (Å²) in [6, 6.07) is 4.85. The van der Waals surface area contributed by atoms with Gasteiger partial charge >= 0.3 is 5.97 Å². The average Bonchev–Trinajstić information content (AvgIpc) is 2.57. The topological polar surface area (TPSA) is 113 Å². The fourth-order valence-corrected chi connectivity index (χ4v) is 2.44. The summed E-state index contributed by atoms with van der Waals surface area (Å²) in [7, 11) is 0. The second kappa shape index (κ2) is 8.27. The zero-order chi connectivity index (χ0) is 18.4. The lowest BCUT2D eigenvalue weighted by Gasteiger charge is -2.29. The summed E-state index contributed by atoms with van der Waals surface area (Å²) in [5.41, 5.74) is 0.933. The number of benzene rings is 1. The maximum Gasteiger partial charge on any atom is 0.303 e. The van der Waals surface area contributed by atoms with Gasteiger partial charge in [-0.2, -0.15) is 0 Å². The van der Waals surface area contributed by atoms with Gasteiger partial charge in [-0.05, 0) is 31.5 Å². The lowest BCUT2D eigenvalue weighted by molar-refractivity contribution is -0.137. The predicted molar refractivity (Wildman–Crippen MR) is 88.8 cm³/mol. The number of Topliss-reactive ketones (excluding diaryl/α,β-unsaturated/α-hetero) is 1. The van der Waals surface area contributed by atoms with Gasteiger partial charge < -0.3 is 20.1 Å². The maximum atomic E-state index is 12.1. The van der Waals surface area contributed by atoms with E-state index in [0.717, 1.165) is 0 Å². The number of nitrogens with zero attached hydrogens (tertiary/aromatic N) is 1. The zero-order valence-corrected chi connectivity index (χ0v) is 13.9. The van der Waals surface area contributed by atoms with Crippen LogP contribution in [0.4, 0.5) is 5.69 Å². The van der Waals surface area contributed by atoms with Crippen molar-refractivity contribution in [2.24, 2.45) is 0 Å². The molecule has 0 radical (unpaired) electrons. The van der Waals surface area contributed by atoms with Gasteiger partial charge in [0.05, 0.1) is 5.69 Å². The molecule has 134 valence electrons. The number of fused-ring (bicyclic) bond motifs is 1. The minimum absolute atomic E-state index is 0.0105. The van der Waals surface area contributed by atoms with Gasteiger partial charge in [0.15, 0.2) is 12.4 Å². The van der Waals surface area contributed by atoms with Crippen LogP contribution in [0.2, 0.25) is 0 Å². The van der Waals surface area contributed by atoms with Gasteiger partial charge in [0, 0.05) is 31.5 Å². The van der Waals surface area contributed by atoms with E-state index in [-0.39, 0.29) is 50.1 Å². The van der Waals surface area contributed by atoms with Gasteiger partial charge in [0.1, 0.15) is 5.75 Å². The van der Waals surface area contributed by atoms with Crippen molar-refractivity contribution in [3.05, 3.63) is 23.8 Å². The zero-order valence-electron chi connectivity index (χ0n) is 13.9. The van der Waals surface area contributed by atoms with Crippen LogP contribution in [0.15, 0.2) is 18.2 Å². The molecule has 8 nitrogen and oxygen atoms in total. The molecular weight excluding hydrogens is 328 g/mol. The quantitative estimate of drug-likeness (QED) is 0.535. The third kappa shape index (κ3) is 5.03. The number of ether oxygens (including phenoxy) is 1. The smallest absolute Gasteiger partial charge is 0.303 e. The van der Waals surface area contributed by atoms with Crippen LogP contribution in [0.25, 0.3) is 0 Å². The lowest BCUT2D eigenvalue weighted by Crippen LogP contribution is -2.41. The molecule has 0 saturated carbocycles. The largest absolute Gasteiger partial charge is 0.482 e. The average molecular weight is 348 g/mol. The van der Waals surface area contributed by atoms with Crippen molar-refractivity contribution in [1.29, 1.82) is 0 Å². The maximum absolute atomic E-state index is 12.1. The highest BCUT2D eigenvalue weighted by atomic mass is 16.5. The fraction of sp³-hybridized carbons (Fsp3) is 0.412. The molecule has 1 aliphatic heterocycles. The van der Waals surface area contributed by atoms with Crippen LogP contribution in [0.3, 0.4) is 0 Å². The van der Waals surface area contributed by atoms with E-state index in [1.807, 2.05) is 0 Å². The lowest BCUT2D eigenvalue weighted by atomic mass is 10.1. The summed E-state index contributed by atoms with van der Waals surface area (Å²) in [6.45, 7) is 1.74. The predicted octanol–water partition coefficient (Wildman–Crippen LogP) is 0.986. The van der Waals surface area contributed by atoms with E-state index in [2.05, 4.69) is 5.32 Å². The van der Waals surface area contributed by atoms with Crippen LogP contribution in [0.1, 0.15) is 36.5 Å². The first-order valence-electron chi connectivity index (χ1n) is 7.95. The molecule has 0 fully saturated rings. The Morgan fingerprint density at radius 2 is 2.04 bits per heavy atom. The minimum Gasteiger partial charge on any atom is -0.482 e. The molecule has 0 spiro atoms. The van der Waals surface area contributed by atoms with Gasteiger partial charge in [-0.3, -0.25) is 19.2 Å². The number of carboxylic acid groups (broad SMARTS) is 1. The summed E-state index contributed by atoms with van der Waals surface area (Å²) in [4.78, 5) is 47.3. The molecule has 25 heavy (non-hydrogen) atoms. The fourth-order valence-electron chi connectivity index (χ4n) is 2.44. The molecule has 0 saturated heterocycles. The van der Waals surface area contributed by atoms with E-state index in [9.17, 15) is 19.2 Å². The van der Waals surface area contributed by atoms with E-state index in [0.29, 0.717) is 23.4 Å². The van der Waals surface area contributed by atoms with Crippen LogP contribution in [0, 0.1) is 0 Å². The SMILES string of the molecule is CC(=O)c1ccc2c(c1)N(CCC(=O)NCCCC(=O)O)C(=O)CO2. The number of aliphatic carboxylic acids is 1. The van der Waals surface area contributed by atoms with E-state index in [4.69, 9.17) is 9.84 Å². The highest BCUT2D eigenvalue weighted by Gasteiger charge is 2.26. The number of hydrogen-bond acceptors (Lipinski definition) is 5. The van der Waals surface area contributed by atoms with Gasteiger partial charge in [0.25, 0.3) is 5.91 Å². The molecule has 1 heterocycles. The number of carboxylic acids is 1. The molecule has 1 aromatic rings. The van der Waals surface area contributed by atoms with Crippen molar-refractivity contribution in [3.8, 4) is 5.75 Å². The van der Waals surface area contributed by atoms with Crippen molar-refractivity contribution < 1.29 is 29.0 Å². The van der Waals surface area contributed by atoms with Crippen molar-refractivity contribution in [2.45, 2.75) is 26.2 Å². The molecule has 1 aliphatic rings. The summed E-state index contributed by atoms with van der Waals surface area (Å²) < 4.78 is 5.35. The molecule has 2 amide bonds. The highest BCUT2D eigenvalue weighted by Crippen LogP contribution is 2.33. The molecule has 0 bridgehead atoms. The Bertz CT molecular complexity index is 700. The normalized spacial score (nSPS) is 13.0. The number of rotatable bonds is 8. The van der Waals surface area contributed by atoms with Gasteiger partial charge in [-0.15, -0.1) is 0 Å². The standard InChI is InChI=1S/C17H20N2O6/c1-11(20)12-4-5-14-13(9-12)19(16(22)10-25-14)8-6-15(21)18-7-2-3-17(23)24/h4-5,9H,2-3,6-8,10H2,1H3,(H,18,21)(H,23,24). The third-order valence-electron chi connectivity index (χ3n) is 3.76.